The van der Waals surface area contributed by atoms with Crippen LogP contribution in [0.1, 0.15) is 25.0 Å². The molecule has 2 amide bonds. The van der Waals surface area contributed by atoms with Crippen LogP contribution in [0.5, 0.6) is 11.5 Å². The van der Waals surface area contributed by atoms with Gasteiger partial charge in [0.05, 0.1) is 14.2 Å². The molecule has 2 aromatic rings. The fourth-order valence-electron chi connectivity index (χ4n) is 3.65. The molecule has 0 radical (unpaired) electrons. The van der Waals surface area contributed by atoms with Crippen molar-refractivity contribution >= 4 is 11.8 Å². The van der Waals surface area contributed by atoms with Gasteiger partial charge in [-0.1, -0.05) is 38.1 Å². The van der Waals surface area contributed by atoms with Gasteiger partial charge in [0.1, 0.15) is 24.1 Å². The van der Waals surface area contributed by atoms with Crippen molar-refractivity contribution in [3.63, 3.8) is 0 Å². The molecule has 0 unspecified atom stereocenters. The molecule has 29 heavy (non-hydrogen) atoms. The normalized spacial score (nSPS) is 17.1. The molecule has 0 saturated carbocycles. The summed E-state index contributed by atoms with van der Waals surface area (Å²) < 4.78 is 10.4. The maximum Gasteiger partial charge on any atom is 0.246 e. The number of carbonyl (C=O) groups is 2. The quantitative estimate of drug-likeness (QED) is 0.722. The largest absolute Gasteiger partial charge is 0.497 e. The van der Waals surface area contributed by atoms with Crippen molar-refractivity contribution in [2.24, 2.45) is 5.92 Å². The lowest BCUT2D eigenvalue weighted by atomic mass is 9.97. The van der Waals surface area contributed by atoms with Crippen LogP contribution in [-0.4, -0.2) is 48.4 Å². The Balaban J connectivity index is 1.76. The van der Waals surface area contributed by atoms with Crippen LogP contribution in [0.3, 0.4) is 0 Å². The molecule has 154 valence electrons. The van der Waals surface area contributed by atoms with Gasteiger partial charge >= 0.3 is 0 Å². The number of hydrogen-bond donors (Lipinski definition) is 0. The van der Waals surface area contributed by atoms with E-state index in [1.807, 2.05) is 62.4 Å². The van der Waals surface area contributed by atoms with Crippen molar-refractivity contribution in [1.82, 2.24) is 9.80 Å². The first-order valence-electron chi connectivity index (χ1n) is 9.77. The fraction of sp³-hybridized carbons (Fsp3) is 0.391. The molecule has 1 aliphatic rings. The fourth-order valence-corrected chi connectivity index (χ4v) is 3.65. The van der Waals surface area contributed by atoms with Crippen LogP contribution in [0.15, 0.2) is 48.5 Å². The Morgan fingerprint density at radius 3 is 1.79 bits per heavy atom. The Morgan fingerprint density at radius 2 is 1.34 bits per heavy atom. The zero-order valence-corrected chi connectivity index (χ0v) is 17.4. The molecule has 6 heteroatoms. The average Bonchev–Trinajstić information content (AvgIpc) is 2.72. The zero-order chi connectivity index (χ0) is 21.0. The number of piperazine rings is 1. The van der Waals surface area contributed by atoms with Crippen LogP contribution >= 0.6 is 0 Å². The molecule has 0 aromatic heterocycles. The molecule has 3 rings (SSSR count). The predicted molar refractivity (Wildman–Crippen MR) is 111 cm³/mol. The Kier molecular flexibility index (Phi) is 6.42. The number of hydrogen-bond acceptors (Lipinski definition) is 4. The molecule has 2 aromatic carbocycles. The molecule has 1 aliphatic heterocycles. The second-order valence-corrected chi connectivity index (χ2v) is 7.60. The van der Waals surface area contributed by atoms with Crippen LogP contribution < -0.4 is 9.47 Å². The molecule has 6 nitrogen and oxygen atoms in total. The van der Waals surface area contributed by atoms with Gasteiger partial charge in [-0.25, -0.2) is 0 Å². The van der Waals surface area contributed by atoms with Gasteiger partial charge in [0.2, 0.25) is 11.8 Å². The van der Waals surface area contributed by atoms with E-state index >= 15 is 0 Å². The van der Waals surface area contributed by atoms with Crippen LogP contribution in [0, 0.1) is 5.92 Å². The Labute approximate surface area is 172 Å². The number of amides is 2. The van der Waals surface area contributed by atoms with Crippen molar-refractivity contribution in [3.05, 3.63) is 59.7 Å². The van der Waals surface area contributed by atoms with Gasteiger partial charge in [0, 0.05) is 13.1 Å². The average molecular weight is 396 g/mol. The molecule has 0 bridgehead atoms. The molecule has 0 aliphatic carbocycles. The van der Waals surface area contributed by atoms with Gasteiger partial charge in [-0.3, -0.25) is 9.59 Å². The minimum Gasteiger partial charge on any atom is -0.497 e. The summed E-state index contributed by atoms with van der Waals surface area (Å²) in [5, 5.41) is 0. The van der Waals surface area contributed by atoms with Crippen molar-refractivity contribution in [2.75, 3.05) is 20.8 Å². The van der Waals surface area contributed by atoms with Crippen molar-refractivity contribution in [2.45, 2.75) is 33.0 Å². The van der Waals surface area contributed by atoms with Crippen LogP contribution in [0.2, 0.25) is 0 Å². The molecule has 1 saturated heterocycles. The maximum absolute atomic E-state index is 13.2. The second kappa shape index (κ2) is 8.99. The second-order valence-electron chi connectivity index (χ2n) is 7.60. The van der Waals surface area contributed by atoms with Crippen molar-refractivity contribution < 1.29 is 19.1 Å². The van der Waals surface area contributed by atoms with Crippen LogP contribution in [-0.2, 0) is 22.7 Å². The molecule has 0 N–H and O–H groups in total. The topological polar surface area (TPSA) is 59.1 Å². The Bertz CT molecular complexity index is 846. The molecule has 1 heterocycles. The minimum atomic E-state index is -0.475. The van der Waals surface area contributed by atoms with E-state index in [0.29, 0.717) is 13.1 Å². The highest BCUT2D eigenvalue weighted by Gasteiger charge is 2.40. The number of benzene rings is 2. The summed E-state index contributed by atoms with van der Waals surface area (Å²) in [5.74, 6) is 1.50. The standard InChI is InChI=1S/C23H28N2O4/c1-16(2)22-23(27)24(13-17-5-9-19(28-3)10-6-17)15-21(26)25(22)14-18-7-11-20(29-4)12-8-18/h5-12,16,22H,13-15H2,1-4H3/t22-/m1/s1. The highest BCUT2D eigenvalue weighted by atomic mass is 16.5. The summed E-state index contributed by atoms with van der Waals surface area (Å²) in [6.45, 7) is 4.87. The van der Waals surface area contributed by atoms with Gasteiger partial charge in [-0.15, -0.1) is 0 Å². The minimum absolute atomic E-state index is 0.0103. The number of carbonyl (C=O) groups excluding carboxylic acids is 2. The number of rotatable bonds is 7. The van der Waals surface area contributed by atoms with E-state index in [1.165, 1.54) is 0 Å². The lowest BCUT2D eigenvalue weighted by molar-refractivity contribution is -0.159. The van der Waals surface area contributed by atoms with E-state index in [1.54, 1.807) is 24.0 Å². The monoisotopic (exact) mass is 396 g/mol. The van der Waals surface area contributed by atoms with Gasteiger partial charge in [-0.05, 0) is 41.3 Å². The first-order valence-corrected chi connectivity index (χ1v) is 9.77. The molecular weight excluding hydrogens is 368 g/mol. The summed E-state index contributed by atoms with van der Waals surface area (Å²) in [6.07, 6.45) is 0. The van der Waals surface area contributed by atoms with E-state index in [-0.39, 0.29) is 24.3 Å². The van der Waals surface area contributed by atoms with Gasteiger partial charge < -0.3 is 19.3 Å². The Hall–Kier alpha value is -3.02. The van der Waals surface area contributed by atoms with E-state index in [0.717, 1.165) is 22.6 Å². The van der Waals surface area contributed by atoms with Gasteiger partial charge in [0.15, 0.2) is 0 Å². The highest BCUT2D eigenvalue weighted by Crippen LogP contribution is 2.24. The maximum atomic E-state index is 13.2. The molecule has 0 spiro atoms. The summed E-state index contributed by atoms with van der Waals surface area (Å²) in [7, 11) is 3.24. The number of ether oxygens (including phenoxy) is 2. The zero-order valence-electron chi connectivity index (χ0n) is 17.4. The van der Waals surface area contributed by atoms with Crippen molar-refractivity contribution in [3.8, 4) is 11.5 Å². The van der Waals surface area contributed by atoms with E-state index in [9.17, 15) is 9.59 Å². The lowest BCUT2D eigenvalue weighted by Gasteiger charge is -2.42. The highest BCUT2D eigenvalue weighted by molar-refractivity contribution is 5.95. The Morgan fingerprint density at radius 1 is 0.862 bits per heavy atom. The van der Waals surface area contributed by atoms with E-state index in [2.05, 4.69) is 0 Å². The van der Waals surface area contributed by atoms with E-state index < -0.39 is 6.04 Å². The molecule has 1 fully saturated rings. The van der Waals surface area contributed by atoms with Gasteiger partial charge in [0.25, 0.3) is 0 Å². The van der Waals surface area contributed by atoms with Crippen LogP contribution in [0.4, 0.5) is 0 Å². The van der Waals surface area contributed by atoms with E-state index in [4.69, 9.17) is 9.47 Å². The first kappa shape index (κ1) is 20.7. The lowest BCUT2D eigenvalue weighted by Crippen LogP contribution is -2.60. The molecular formula is C23H28N2O4. The summed E-state index contributed by atoms with van der Waals surface area (Å²) in [4.78, 5) is 29.6. The third-order valence-electron chi connectivity index (χ3n) is 5.22. The third-order valence-corrected chi connectivity index (χ3v) is 5.22. The van der Waals surface area contributed by atoms with Crippen molar-refractivity contribution in [1.29, 1.82) is 0 Å². The first-order chi connectivity index (χ1) is 13.9. The summed E-state index contributed by atoms with van der Waals surface area (Å²) in [6, 6.07) is 14.7. The number of methoxy groups -OCH3 is 2. The third kappa shape index (κ3) is 4.70. The predicted octanol–water partition coefficient (Wildman–Crippen LogP) is 3.10. The van der Waals surface area contributed by atoms with Crippen LogP contribution in [0.25, 0.3) is 0 Å². The summed E-state index contributed by atoms with van der Waals surface area (Å²) >= 11 is 0. The van der Waals surface area contributed by atoms with Gasteiger partial charge in [-0.2, -0.15) is 0 Å². The SMILES string of the molecule is COc1ccc(CN2CC(=O)N(Cc3ccc(OC)cc3)[C@H](C(C)C)C2=O)cc1. The number of nitrogens with zero attached hydrogens (tertiary/aromatic N) is 2. The summed E-state index contributed by atoms with van der Waals surface area (Å²) in [5.41, 5.74) is 1.94. The molecule has 1 atom stereocenters. The smallest absolute Gasteiger partial charge is 0.246 e.